The van der Waals surface area contributed by atoms with E-state index in [2.05, 4.69) is 15.3 Å². The van der Waals surface area contributed by atoms with Crippen molar-refractivity contribution in [2.45, 2.75) is 50.6 Å². The Morgan fingerprint density at radius 2 is 1.85 bits per heavy atom. The number of amides is 2. The third-order valence-electron chi connectivity index (χ3n) is 7.22. The number of hydrogen-bond acceptors (Lipinski definition) is 7. The van der Waals surface area contributed by atoms with Gasteiger partial charge in [0.1, 0.15) is 23.5 Å². The fourth-order valence-electron chi connectivity index (χ4n) is 5.45. The highest BCUT2D eigenvalue weighted by atomic mass is 32.2. The molecular weight excluding hydrogens is 518 g/mol. The number of likely N-dealkylation sites (tertiary alicyclic amines) is 1. The molecule has 3 unspecified atom stereocenters. The Labute approximate surface area is 227 Å². The molecule has 0 spiro atoms. The summed E-state index contributed by atoms with van der Waals surface area (Å²) >= 11 is 0. The highest BCUT2D eigenvalue weighted by Gasteiger charge is 2.54. The summed E-state index contributed by atoms with van der Waals surface area (Å²) in [5, 5.41) is 3.73. The molecule has 1 N–H and O–H groups in total. The number of sulfonamides is 1. The number of benzene rings is 1. The Morgan fingerprint density at radius 1 is 1.08 bits per heavy atom. The smallest absolute Gasteiger partial charge is 0.270 e. The normalized spacial score (nSPS) is 20.4. The van der Waals surface area contributed by atoms with Crippen LogP contribution in [0.1, 0.15) is 42.9 Å². The average molecular weight is 550 g/mol. The number of carbonyl (C=O) groups is 3. The van der Waals surface area contributed by atoms with Gasteiger partial charge in [0.05, 0.1) is 23.8 Å². The van der Waals surface area contributed by atoms with Crippen LogP contribution in [0.15, 0.2) is 60.8 Å². The van der Waals surface area contributed by atoms with Crippen LogP contribution in [0.4, 0.5) is 0 Å². The Bertz CT molecular complexity index is 1510. The predicted octanol–water partition coefficient (Wildman–Crippen LogP) is 2.16. The number of rotatable bonds is 8. The first-order chi connectivity index (χ1) is 18.6. The van der Waals surface area contributed by atoms with Gasteiger partial charge >= 0.3 is 0 Å². The van der Waals surface area contributed by atoms with Crippen molar-refractivity contribution in [1.29, 1.82) is 0 Å². The lowest BCUT2D eigenvalue weighted by atomic mass is 10.0. The summed E-state index contributed by atoms with van der Waals surface area (Å²) in [7, 11) is -3.83. The van der Waals surface area contributed by atoms with E-state index in [9.17, 15) is 22.8 Å². The highest BCUT2D eigenvalue weighted by Crippen LogP contribution is 2.33. The van der Waals surface area contributed by atoms with Crippen molar-refractivity contribution in [2.24, 2.45) is 5.92 Å². The third-order valence-corrected chi connectivity index (χ3v) is 8.99. The number of aromatic nitrogens is 2. The Balaban J connectivity index is 1.33. The third kappa shape index (κ3) is 5.55. The molecule has 2 aliphatic rings. The van der Waals surface area contributed by atoms with Gasteiger partial charge in [-0.1, -0.05) is 44.2 Å². The molecule has 2 amide bonds. The molecule has 4 heterocycles. The molecule has 10 nitrogen and oxygen atoms in total. The Hall–Kier alpha value is -3.70. The maximum absolute atomic E-state index is 13.8. The van der Waals surface area contributed by atoms with Gasteiger partial charge in [0.25, 0.3) is 5.91 Å². The molecule has 2 saturated heterocycles. The van der Waals surface area contributed by atoms with E-state index in [1.807, 2.05) is 38.1 Å². The van der Waals surface area contributed by atoms with Gasteiger partial charge in [0, 0.05) is 18.1 Å². The van der Waals surface area contributed by atoms with Gasteiger partial charge in [-0.05, 0) is 43.0 Å². The van der Waals surface area contributed by atoms with Crippen LogP contribution in [0.2, 0.25) is 0 Å². The molecule has 204 valence electrons. The molecule has 0 bridgehead atoms. The summed E-state index contributed by atoms with van der Waals surface area (Å²) < 4.78 is 27.6. The van der Waals surface area contributed by atoms with Crippen molar-refractivity contribution < 1.29 is 22.8 Å². The number of nitrogens with one attached hydrogen (secondary N) is 1. The number of fused-ring (bicyclic) bond motifs is 2. The minimum Gasteiger partial charge on any atom is -0.339 e. The van der Waals surface area contributed by atoms with Crippen LogP contribution in [-0.2, 0) is 25.4 Å². The quantitative estimate of drug-likeness (QED) is 0.456. The minimum atomic E-state index is -3.83. The van der Waals surface area contributed by atoms with Crippen molar-refractivity contribution in [3.63, 3.8) is 0 Å². The van der Waals surface area contributed by atoms with Gasteiger partial charge in [0.15, 0.2) is 5.78 Å². The topological polar surface area (TPSA) is 130 Å². The second-order valence-electron chi connectivity index (χ2n) is 10.5. The first-order valence-electron chi connectivity index (χ1n) is 13.0. The molecule has 0 radical (unpaired) electrons. The Morgan fingerprint density at radius 3 is 2.59 bits per heavy atom. The number of ketones is 1. The standard InChI is InChI=1S/C28H31N5O5S/c1-18(2)15-23(31-27(35)22-11-10-19-7-3-4-9-21(19)30-22)28(36)32-14-12-24-26(32)25(34)16-33(24)39(37,38)17-20-8-5-6-13-29-20/h3-11,13,18,23-24,26H,12,14-17H2,1-2H3,(H,31,35). The average Bonchev–Trinajstić information content (AvgIpc) is 3.49. The second-order valence-corrected chi connectivity index (χ2v) is 12.4. The number of nitrogens with zero attached hydrogens (tertiary/aromatic N) is 4. The summed E-state index contributed by atoms with van der Waals surface area (Å²) in [4.78, 5) is 50.0. The van der Waals surface area contributed by atoms with Crippen LogP contribution in [0.25, 0.3) is 10.9 Å². The fraction of sp³-hybridized carbons (Fsp3) is 0.393. The lowest BCUT2D eigenvalue weighted by molar-refractivity contribution is -0.138. The molecule has 1 aromatic carbocycles. The van der Waals surface area contributed by atoms with Gasteiger partial charge in [0.2, 0.25) is 15.9 Å². The molecule has 2 fully saturated rings. The van der Waals surface area contributed by atoms with E-state index >= 15 is 0 Å². The summed E-state index contributed by atoms with van der Waals surface area (Å²) in [6.07, 6.45) is 2.23. The van der Waals surface area contributed by atoms with Crippen LogP contribution in [0.3, 0.4) is 0 Å². The van der Waals surface area contributed by atoms with Crippen LogP contribution in [0.5, 0.6) is 0 Å². The second kappa shape index (κ2) is 10.8. The largest absolute Gasteiger partial charge is 0.339 e. The van der Waals surface area contributed by atoms with Crippen molar-refractivity contribution in [3.05, 3.63) is 72.2 Å². The molecule has 11 heteroatoms. The number of carbonyl (C=O) groups excluding carboxylic acids is 3. The van der Waals surface area contributed by atoms with Crippen molar-refractivity contribution >= 4 is 38.5 Å². The number of hydrogen-bond donors (Lipinski definition) is 1. The van der Waals surface area contributed by atoms with Gasteiger partial charge in [-0.25, -0.2) is 13.4 Å². The van der Waals surface area contributed by atoms with Crippen molar-refractivity contribution in [2.75, 3.05) is 13.1 Å². The summed E-state index contributed by atoms with van der Waals surface area (Å²) in [6.45, 7) is 3.84. The highest BCUT2D eigenvalue weighted by molar-refractivity contribution is 7.88. The first kappa shape index (κ1) is 26.9. The monoisotopic (exact) mass is 549 g/mol. The zero-order chi connectivity index (χ0) is 27.7. The number of Topliss-reactive ketones (excluding diaryl/α,β-unsaturated/α-hetero) is 1. The van der Waals surface area contributed by atoms with Crippen LogP contribution < -0.4 is 5.32 Å². The van der Waals surface area contributed by atoms with E-state index in [-0.39, 0.29) is 42.1 Å². The molecule has 0 aliphatic carbocycles. The molecule has 3 aromatic rings. The van der Waals surface area contributed by atoms with Crippen LogP contribution in [-0.4, -0.2) is 76.4 Å². The van der Waals surface area contributed by atoms with E-state index in [0.29, 0.717) is 24.1 Å². The lowest BCUT2D eigenvalue weighted by Crippen LogP contribution is -2.53. The lowest BCUT2D eigenvalue weighted by Gasteiger charge is -2.29. The van der Waals surface area contributed by atoms with E-state index in [1.165, 1.54) is 15.4 Å². The van der Waals surface area contributed by atoms with E-state index < -0.39 is 34.1 Å². The van der Waals surface area contributed by atoms with Gasteiger partial charge < -0.3 is 10.2 Å². The zero-order valence-electron chi connectivity index (χ0n) is 21.9. The maximum atomic E-state index is 13.8. The van der Waals surface area contributed by atoms with Gasteiger partial charge in [-0.2, -0.15) is 4.31 Å². The minimum absolute atomic E-state index is 0.0803. The molecule has 5 rings (SSSR count). The first-order valence-corrected chi connectivity index (χ1v) is 14.6. The summed E-state index contributed by atoms with van der Waals surface area (Å²) in [5.41, 5.74) is 1.25. The molecule has 3 atom stereocenters. The van der Waals surface area contributed by atoms with Crippen LogP contribution in [0, 0.1) is 5.92 Å². The van der Waals surface area contributed by atoms with E-state index in [1.54, 1.807) is 30.3 Å². The Kier molecular flexibility index (Phi) is 7.46. The number of pyridine rings is 2. The summed E-state index contributed by atoms with van der Waals surface area (Å²) in [5.74, 6) is -1.42. The van der Waals surface area contributed by atoms with Gasteiger partial charge in [-0.15, -0.1) is 0 Å². The van der Waals surface area contributed by atoms with Crippen LogP contribution >= 0.6 is 0 Å². The fourth-order valence-corrected chi connectivity index (χ4v) is 7.12. The summed E-state index contributed by atoms with van der Waals surface area (Å²) in [6, 6.07) is 13.5. The molecule has 2 aromatic heterocycles. The maximum Gasteiger partial charge on any atom is 0.270 e. The molecule has 2 aliphatic heterocycles. The number of para-hydroxylation sites is 1. The van der Waals surface area contributed by atoms with E-state index in [0.717, 1.165) is 5.39 Å². The molecule has 39 heavy (non-hydrogen) atoms. The molecular formula is C28H31N5O5S. The predicted molar refractivity (Wildman–Crippen MR) is 145 cm³/mol. The van der Waals surface area contributed by atoms with E-state index in [4.69, 9.17) is 0 Å². The molecule has 0 saturated carbocycles. The van der Waals surface area contributed by atoms with Crippen molar-refractivity contribution in [1.82, 2.24) is 24.5 Å². The van der Waals surface area contributed by atoms with Crippen molar-refractivity contribution in [3.8, 4) is 0 Å². The zero-order valence-corrected chi connectivity index (χ0v) is 22.7. The SMILES string of the molecule is CC(C)CC(NC(=O)c1ccc2ccccc2n1)C(=O)N1CCC2C1C(=O)CN2S(=O)(=O)Cc1ccccn1. The van der Waals surface area contributed by atoms with Gasteiger partial charge in [-0.3, -0.25) is 19.4 Å².